The lowest BCUT2D eigenvalue weighted by molar-refractivity contribution is -0.124. The van der Waals surface area contributed by atoms with Gasteiger partial charge in [0, 0.05) is 0 Å². The van der Waals surface area contributed by atoms with E-state index in [1.807, 2.05) is 0 Å². The lowest BCUT2D eigenvalue weighted by Gasteiger charge is -2.11. The molecule has 3 N–H and O–H groups in total. The Morgan fingerprint density at radius 3 is 2.00 bits per heavy atom. The van der Waals surface area contributed by atoms with Crippen LogP contribution >= 0.6 is 0 Å². The van der Waals surface area contributed by atoms with E-state index in [4.69, 9.17) is 15.3 Å². The average molecular weight is 176 g/mol. The number of hydrogen-bond acceptors (Lipinski definition) is 3. The minimum atomic E-state index is -1.57. The fourth-order valence-corrected chi connectivity index (χ4v) is 1.11. The topological polar surface area (TPSA) is 60.7 Å². The molecule has 0 fully saturated rings. The third-order valence-corrected chi connectivity index (χ3v) is 1.95. The minimum Gasteiger partial charge on any atom is -0.388 e. The molecule has 0 aromatic heterocycles. The molecule has 3 heteroatoms. The third kappa shape index (κ3) is 6.58. The number of rotatable bonds is 7. The Morgan fingerprint density at radius 1 is 0.917 bits per heavy atom. The molecule has 1 unspecified atom stereocenters. The molecule has 0 saturated heterocycles. The first kappa shape index (κ1) is 11.9. The highest BCUT2D eigenvalue weighted by molar-refractivity contribution is 4.56. The Morgan fingerprint density at radius 2 is 1.50 bits per heavy atom. The highest BCUT2D eigenvalue weighted by atomic mass is 16.5. The van der Waals surface area contributed by atoms with Crippen LogP contribution in [-0.4, -0.2) is 27.7 Å². The van der Waals surface area contributed by atoms with E-state index >= 15 is 0 Å². The van der Waals surface area contributed by atoms with Crippen LogP contribution in [0.15, 0.2) is 0 Å². The van der Waals surface area contributed by atoms with Gasteiger partial charge in [0.2, 0.25) is 0 Å². The van der Waals surface area contributed by atoms with Crippen LogP contribution in [0.25, 0.3) is 0 Å². The number of aliphatic hydroxyl groups is 3. The maximum Gasteiger partial charge on any atom is 0.178 e. The molecule has 0 aliphatic heterocycles. The first-order valence-corrected chi connectivity index (χ1v) is 4.72. The van der Waals surface area contributed by atoms with Gasteiger partial charge in [-0.3, -0.25) is 0 Å². The Bertz CT molecular complexity index is 93.8. The zero-order valence-electron chi connectivity index (χ0n) is 7.74. The molecule has 0 saturated carbocycles. The molecule has 3 nitrogen and oxygen atoms in total. The molecule has 0 spiro atoms. The van der Waals surface area contributed by atoms with Gasteiger partial charge in [-0.05, 0) is 6.42 Å². The van der Waals surface area contributed by atoms with Crippen molar-refractivity contribution in [1.29, 1.82) is 0 Å². The van der Waals surface area contributed by atoms with E-state index in [0.717, 1.165) is 12.8 Å². The van der Waals surface area contributed by atoms with Gasteiger partial charge in [-0.25, -0.2) is 0 Å². The molecule has 0 bridgehead atoms. The summed E-state index contributed by atoms with van der Waals surface area (Å²) in [5.41, 5.74) is 0. The molecule has 0 aromatic rings. The average Bonchev–Trinajstić information content (AvgIpc) is 2.03. The van der Waals surface area contributed by atoms with Crippen molar-refractivity contribution in [1.82, 2.24) is 0 Å². The van der Waals surface area contributed by atoms with E-state index in [9.17, 15) is 0 Å². The third-order valence-electron chi connectivity index (χ3n) is 1.95. The standard InChI is InChI=1S/C9H20O3/c1-2-3-4-5-6-7-8(10)9(11)12/h8-12H,2-7H2,1H3. The molecular weight excluding hydrogens is 156 g/mol. The van der Waals surface area contributed by atoms with Gasteiger partial charge in [0.05, 0.1) is 0 Å². The van der Waals surface area contributed by atoms with Crippen molar-refractivity contribution in [3.05, 3.63) is 0 Å². The fraction of sp³-hybridized carbons (Fsp3) is 1.00. The molecule has 0 aliphatic rings. The van der Waals surface area contributed by atoms with Gasteiger partial charge in [-0.2, -0.15) is 0 Å². The SMILES string of the molecule is CCCCCCCC(O)C(O)O. The van der Waals surface area contributed by atoms with Crippen LogP contribution in [0.3, 0.4) is 0 Å². The monoisotopic (exact) mass is 176 g/mol. The van der Waals surface area contributed by atoms with Crippen molar-refractivity contribution < 1.29 is 15.3 Å². The highest BCUT2D eigenvalue weighted by Crippen LogP contribution is 2.08. The van der Waals surface area contributed by atoms with E-state index in [2.05, 4.69) is 6.92 Å². The van der Waals surface area contributed by atoms with Crippen LogP contribution in [0, 0.1) is 0 Å². The summed E-state index contributed by atoms with van der Waals surface area (Å²) in [7, 11) is 0. The summed E-state index contributed by atoms with van der Waals surface area (Å²) in [5.74, 6) is 0. The summed E-state index contributed by atoms with van der Waals surface area (Å²) < 4.78 is 0. The largest absolute Gasteiger partial charge is 0.388 e. The normalized spacial score (nSPS) is 13.8. The van der Waals surface area contributed by atoms with Crippen molar-refractivity contribution >= 4 is 0 Å². The zero-order valence-corrected chi connectivity index (χ0v) is 7.74. The molecule has 0 heterocycles. The van der Waals surface area contributed by atoms with Crippen LogP contribution in [-0.2, 0) is 0 Å². The van der Waals surface area contributed by atoms with Gasteiger partial charge in [-0.15, -0.1) is 0 Å². The fourth-order valence-electron chi connectivity index (χ4n) is 1.11. The number of unbranched alkanes of at least 4 members (excludes halogenated alkanes) is 4. The van der Waals surface area contributed by atoms with Crippen LogP contribution in [0.1, 0.15) is 45.4 Å². The summed E-state index contributed by atoms with van der Waals surface area (Å²) in [6, 6.07) is 0. The number of hydrogen-bond donors (Lipinski definition) is 3. The van der Waals surface area contributed by atoms with E-state index in [1.165, 1.54) is 19.3 Å². The Balaban J connectivity index is 3.08. The number of aliphatic hydroxyl groups excluding tert-OH is 2. The predicted octanol–water partition coefficient (Wildman–Crippen LogP) is 1.02. The van der Waals surface area contributed by atoms with Crippen molar-refractivity contribution in [2.24, 2.45) is 0 Å². The smallest absolute Gasteiger partial charge is 0.178 e. The van der Waals surface area contributed by atoms with Crippen LogP contribution in [0.5, 0.6) is 0 Å². The Kier molecular flexibility index (Phi) is 7.45. The van der Waals surface area contributed by atoms with Gasteiger partial charge in [0.25, 0.3) is 0 Å². The summed E-state index contributed by atoms with van der Waals surface area (Å²) in [6.45, 7) is 2.15. The second-order valence-electron chi connectivity index (χ2n) is 3.18. The summed E-state index contributed by atoms with van der Waals surface area (Å²) in [5, 5.41) is 26.0. The summed E-state index contributed by atoms with van der Waals surface area (Å²) in [6.07, 6.45) is 3.48. The second kappa shape index (κ2) is 7.53. The Hall–Kier alpha value is -0.120. The van der Waals surface area contributed by atoms with E-state index in [-0.39, 0.29) is 0 Å². The molecule has 0 radical (unpaired) electrons. The van der Waals surface area contributed by atoms with Gasteiger partial charge in [0.1, 0.15) is 6.10 Å². The van der Waals surface area contributed by atoms with Crippen molar-refractivity contribution in [2.75, 3.05) is 0 Å². The maximum absolute atomic E-state index is 8.98. The van der Waals surface area contributed by atoms with Crippen LogP contribution in [0.2, 0.25) is 0 Å². The lowest BCUT2D eigenvalue weighted by atomic mass is 10.1. The predicted molar refractivity (Wildman–Crippen MR) is 47.6 cm³/mol. The first-order valence-electron chi connectivity index (χ1n) is 4.72. The molecule has 1 atom stereocenters. The van der Waals surface area contributed by atoms with E-state index in [0.29, 0.717) is 6.42 Å². The second-order valence-corrected chi connectivity index (χ2v) is 3.18. The van der Waals surface area contributed by atoms with Crippen LogP contribution in [0.4, 0.5) is 0 Å². The van der Waals surface area contributed by atoms with Crippen molar-refractivity contribution in [3.8, 4) is 0 Å². The van der Waals surface area contributed by atoms with Gasteiger partial charge in [-0.1, -0.05) is 39.0 Å². The van der Waals surface area contributed by atoms with E-state index < -0.39 is 12.4 Å². The highest BCUT2D eigenvalue weighted by Gasteiger charge is 2.10. The molecular formula is C9H20O3. The molecule has 74 valence electrons. The summed E-state index contributed by atoms with van der Waals surface area (Å²) >= 11 is 0. The molecule has 0 aromatic carbocycles. The van der Waals surface area contributed by atoms with Gasteiger partial charge >= 0.3 is 0 Å². The minimum absolute atomic E-state index is 0.487. The molecule has 0 amide bonds. The summed E-state index contributed by atoms with van der Waals surface area (Å²) in [4.78, 5) is 0. The lowest BCUT2D eigenvalue weighted by Crippen LogP contribution is -2.24. The van der Waals surface area contributed by atoms with E-state index in [1.54, 1.807) is 0 Å². The van der Waals surface area contributed by atoms with Crippen molar-refractivity contribution in [3.63, 3.8) is 0 Å². The molecule has 0 rings (SSSR count). The zero-order chi connectivity index (χ0) is 9.40. The maximum atomic E-state index is 8.98. The molecule has 0 aliphatic carbocycles. The van der Waals surface area contributed by atoms with Crippen LogP contribution < -0.4 is 0 Å². The Labute approximate surface area is 74.0 Å². The quantitative estimate of drug-likeness (QED) is 0.401. The van der Waals surface area contributed by atoms with Crippen molar-refractivity contribution in [2.45, 2.75) is 57.8 Å². The molecule has 12 heavy (non-hydrogen) atoms. The van der Waals surface area contributed by atoms with Gasteiger partial charge in [0.15, 0.2) is 6.29 Å². The van der Waals surface area contributed by atoms with Gasteiger partial charge < -0.3 is 15.3 Å². The first-order chi connectivity index (χ1) is 5.68.